The third-order valence-corrected chi connectivity index (χ3v) is 4.47. The van der Waals surface area contributed by atoms with Crippen LogP contribution in [0.25, 0.3) is 11.5 Å². The van der Waals surface area contributed by atoms with Crippen molar-refractivity contribution in [2.45, 2.75) is 26.4 Å². The second-order valence-corrected chi connectivity index (χ2v) is 6.47. The summed E-state index contributed by atoms with van der Waals surface area (Å²) in [6.07, 6.45) is 3.93. The fourth-order valence-corrected chi connectivity index (χ4v) is 3.15. The van der Waals surface area contributed by atoms with Gasteiger partial charge in [0.1, 0.15) is 11.5 Å². The van der Waals surface area contributed by atoms with Gasteiger partial charge >= 0.3 is 0 Å². The summed E-state index contributed by atoms with van der Waals surface area (Å²) < 4.78 is 13.4. The van der Waals surface area contributed by atoms with Crippen LogP contribution in [-0.4, -0.2) is 31.4 Å². The molecule has 1 aliphatic heterocycles. The minimum absolute atomic E-state index is 0.156. The Morgan fingerprint density at radius 3 is 2.92 bits per heavy atom. The molecular formula is C19H18FN5O. The van der Waals surface area contributed by atoms with Crippen LogP contribution >= 0.6 is 0 Å². The number of halogens is 1. The molecule has 0 unspecified atom stereocenters. The molecule has 0 saturated heterocycles. The van der Waals surface area contributed by atoms with Crippen molar-refractivity contribution in [1.82, 2.24) is 24.8 Å². The number of rotatable bonds is 3. The molecule has 1 aliphatic rings. The van der Waals surface area contributed by atoms with Crippen LogP contribution in [0.2, 0.25) is 0 Å². The fourth-order valence-electron chi connectivity index (χ4n) is 3.15. The predicted octanol–water partition coefficient (Wildman–Crippen LogP) is 2.23. The van der Waals surface area contributed by atoms with Gasteiger partial charge in [0.05, 0.1) is 23.1 Å². The molecule has 4 rings (SSSR count). The standard InChI is InChI=1S/C19H18FN5O/c1-12-8-22-17(9-21-12)18-23-16-5-6-25(11-15(16)19(26)24-18)10-13-3-2-4-14(20)7-13/h2-4,7-9H,5-6,10-11H2,1H3,(H,23,24,26). The van der Waals surface area contributed by atoms with Gasteiger partial charge in [0.2, 0.25) is 0 Å². The highest BCUT2D eigenvalue weighted by Crippen LogP contribution is 2.19. The molecule has 0 atom stereocenters. The SMILES string of the molecule is Cc1cnc(-c2nc3c(c(=O)[nH]2)CN(Cc2cccc(F)c2)CC3)cn1. The first-order valence-corrected chi connectivity index (χ1v) is 8.46. The third kappa shape index (κ3) is 3.39. The van der Waals surface area contributed by atoms with E-state index >= 15 is 0 Å². The number of aromatic nitrogens is 4. The van der Waals surface area contributed by atoms with Crippen molar-refractivity contribution in [1.29, 1.82) is 0 Å². The molecule has 2 aromatic heterocycles. The molecule has 1 N–H and O–H groups in total. The highest BCUT2D eigenvalue weighted by atomic mass is 19.1. The summed E-state index contributed by atoms with van der Waals surface area (Å²) in [5.74, 6) is 0.197. The maximum Gasteiger partial charge on any atom is 0.255 e. The third-order valence-electron chi connectivity index (χ3n) is 4.47. The van der Waals surface area contributed by atoms with Crippen molar-refractivity contribution >= 4 is 0 Å². The van der Waals surface area contributed by atoms with E-state index in [2.05, 4.69) is 24.8 Å². The van der Waals surface area contributed by atoms with Gasteiger partial charge in [-0.15, -0.1) is 0 Å². The van der Waals surface area contributed by atoms with Gasteiger partial charge in [-0.25, -0.2) is 14.4 Å². The average Bonchev–Trinajstić information content (AvgIpc) is 2.63. The van der Waals surface area contributed by atoms with Crippen molar-refractivity contribution in [3.8, 4) is 11.5 Å². The van der Waals surface area contributed by atoms with E-state index in [4.69, 9.17) is 0 Å². The van der Waals surface area contributed by atoms with Crippen molar-refractivity contribution < 1.29 is 4.39 Å². The summed E-state index contributed by atoms with van der Waals surface area (Å²) in [4.78, 5) is 30.5. The Bertz CT molecular complexity index is 1000. The van der Waals surface area contributed by atoms with Crippen LogP contribution in [0.3, 0.4) is 0 Å². The van der Waals surface area contributed by atoms with Crippen LogP contribution in [0.1, 0.15) is 22.5 Å². The minimum Gasteiger partial charge on any atom is -0.305 e. The smallest absolute Gasteiger partial charge is 0.255 e. The first-order chi connectivity index (χ1) is 12.6. The lowest BCUT2D eigenvalue weighted by Crippen LogP contribution is -2.35. The molecule has 0 spiro atoms. The molecule has 0 aliphatic carbocycles. The molecule has 26 heavy (non-hydrogen) atoms. The summed E-state index contributed by atoms with van der Waals surface area (Å²) in [5.41, 5.74) is 3.55. The highest BCUT2D eigenvalue weighted by molar-refractivity contribution is 5.48. The molecule has 0 saturated carbocycles. The Morgan fingerprint density at radius 2 is 2.15 bits per heavy atom. The molecule has 6 nitrogen and oxygen atoms in total. The molecule has 0 bridgehead atoms. The van der Waals surface area contributed by atoms with Gasteiger partial charge in [-0.3, -0.25) is 14.7 Å². The topological polar surface area (TPSA) is 74.8 Å². The van der Waals surface area contributed by atoms with Gasteiger partial charge in [0.25, 0.3) is 5.56 Å². The van der Waals surface area contributed by atoms with Crippen LogP contribution in [0.15, 0.2) is 41.5 Å². The molecule has 0 amide bonds. The van der Waals surface area contributed by atoms with E-state index in [1.54, 1.807) is 18.5 Å². The van der Waals surface area contributed by atoms with Crippen LogP contribution in [0, 0.1) is 12.7 Å². The molecule has 3 heterocycles. The van der Waals surface area contributed by atoms with Gasteiger partial charge in [0.15, 0.2) is 5.82 Å². The second kappa shape index (κ2) is 6.76. The molecule has 132 valence electrons. The van der Waals surface area contributed by atoms with Crippen LogP contribution in [0.4, 0.5) is 4.39 Å². The van der Waals surface area contributed by atoms with E-state index in [0.717, 1.165) is 23.5 Å². The van der Waals surface area contributed by atoms with E-state index in [0.29, 0.717) is 36.6 Å². The minimum atomic E-state index is -0.247. The number of benzene rings is 1. The van der Waals surface area contributed by atoms with E-state index in [1.807, 2.05) is 13.0 Å². The number of H-pyrrole nitrogens is 1. The number of nitrogens with zero attached hydrogens (tertiary/aromatic N) is 4. The van der Waals surface area contributed by atoms with Crippen LogP contribution in [0.5, 0.6) is 0 Å². The zero-order valence-electron chi connectivity index (χ0n) is 14.4. The highest BCUT2D eigenvalue weighted by Gasteiger charge is 2.22. The number of nitrogens with one attached hydrogen (secondary N) is 1. The summed E-state index contributed by atoms with van der Waals surface area (Å²) in [6, 6.07) is 6.54. The molecular weight excluding hydrogens is 333 g/mol. The Morgan fingerprint density at radius 1 is 1.27 bits per heavy atom. The molecule has 0 radical (unpaired) electrons. The van der Waals surface area contributed by atoms with Crippen molar-refractivity contribution in [2.75, 3.05) is 6.54 Å². The summed E-state index contributed by atoms with van der Waals surface area (Å²) >= 11 is 0. The maximum atomic E-state index is 13.4. The van der Waals surface area contributed by atoms with Gasteiger partial charge in [-0.1, -0.05) is 12.1 Å². The fraction of sp³-hybridized carbons (Fsp3) is 0.263. The summed E-state index contributed by atoms with van der Waals surface area (Å²) in [5, 5.41) is 0. The Balaban J connectivity index is 1.58. The van der Waals surface area contributed by atoms with Crippen molar-refractivity contribution in [2.24, 2.45) is 0 Å². The normalized spacial score (nSPS) is 14.2. The van der Waals surface area contributed by atoms with Crippen molar-refractivity contribution in [3.63, 3.8) is 0 Å². The van der Waals surface area contributed by atoms with E-state index < -0.39 is 0 Å². The number of aromatic amines is 1. The van der Waals surface area contributed by atoms with Gasteiger partial charge in [0, 0.05) is 32.3 Å². The first-order valence-electron chi connectivity index (χ1n) is 8.46. The summed E-state index contributed by atoms with van der Waals surface area (Å²) in [6.45, 7) is 3.71. The number of fused-ring (bicyclic) bond motifs is 1. The zero-order valence-corrected chi connectivity index (χ0v) is 14.4. The van der Waals surface area contributed by atoms with Gasteiger partial charge in [-0.2, -0.15) is 0 Å². The van der Waals surface area contributed by atoms with Gasteiger partial charge in [-0.05, 0) is 24.6 Å². The number of hydrogen-bond acceptors (Lipinski definition) is 5. The predicted molar refractivity (Wildman–Crippen MR) is 94.8 cm³/mol. The quantitative estimate of drug-likeness (QED) is 0.783. The maximum absolute atomic E-state index is 13.4. The second-order valence-electron chi connectivity index (χ2n) is 6.47. The molecule has 0 fully saturated rings. The lowest BCUT2D eigenvalue weighted by Gasteiger charge is -2.27. The van der Waals surface area contributed by atoms with E-state index in [-0.39, 0.29) is 11.4 Å². The largest absolute Gasteiger partial charge is 0.305 e. The lowest BCUT2D eigenvalue weighted by atomic mass is 10.1. The first kappa shape index (κ1) is 16.5. The van der Waals surface area contributed by atoms with E-state index in [9.17, 15) is 9.18 Å². The monoisotopic (exact) mass is 351 g/mol. The molecule has 7 heteroatoms. The Kier molecular flexibility index (Phi) is 4.30. The Hall–Kier alpha value is -2.93. The van der Waals surface area contributed by atoms with Crippen molar-refractivity contribution in [3.05, 3.63) is 75.3 Å². The number of hydrogen-bond donors (Lipinski definition) is 1. The average molecular weight is 351 g/mol. The lowest BCUT2D eigenvalue weighted by molar-refractivity contribution is 0.241. The van der Waals surface area contributed by atoms with Crippen LogP contribution in [-0.2, 0) is 19.5 Å². The Labute approximate surface area is 149 Å². The van der Waals surface area contributed by atoms with E-state index in [1.165, 1.54) is 12.1 Å². The number of aryl methyl sites for hydroxylation is 1. The van der Waals surface area contributed by atoms with Crippen LogP contribution < -0.4 is 5.56 Å². The molecule has 3 aromatic rings. The zero-order chi connectivity index (χ0) is 18.1. The summed E-state index contributed by atoms with van der Waals surface area (Å²) in [7, 11) is 0. The van der Waals surface area contributed by atoms with Gasteiger partial charge < -0.3 is 4.98 Å². The molecule has 1 aromatic carbocycles.